The molecule has 0 aromatic carbocycles. The standard InChI is InChI=1S/C20H40O6/c1-15-16(2)19(25-13-11-23-9-7-21-5)18(4)20(17(15)3)26-14-12-24-10-8-22-6/h15-20H,7-14H2,1-6H3/t15?,16-,17?,18?,19?,20?/m0/s1. The normalized spacial score (nSPS) is 32.1. The van der Waals surface area contributed by atoms with Crippen LogP contribution in [0.1, 0.15) is 27.7 Å². The van der Waals surface area contributed by atoms with Gasteiger partial charge in [-0.15, -0.1) is 0 Å². The minimum Gasteiger partial charge on any atom is -0.382 e. The van der Waals surface area contributed by atoms with Crippen LogP contribution in [0.5, 0.6) is 0 Å². The van der Waals surface area contributed by atoms with Gasteiger partial charge in [-0.05, 0) is 17.8 Å². The maximum Gasteiger partial charge on any atom is 0.0704 e. The number of methoxy groups -OCH3 is 2. The molecule has 1 fully saturated rings. The number of hydrogen-bond acceptors (Lipinski definition) is 6. The highest BCUT2D eigenvalue weighted by atomic mass is 16.6. The Kier molecular flexibility index (Phi) is 12.7. The lowest BCUT2D eigenvalue weighted by atomic mass is 9.66. The fraction of sp³-hybridized carbons (Fsp3) is 1.00. The van der Waals surface area contributed by atoms with Crippen molar-refractivity contribution in [1.29, 1.82) is 0 Å². The first-order valence-corrected chi connectivity index (χ1v) is 9.91. The fourth-order valence-electron chi connectivity index (χ4n) is 3.80. The molecule has 0 N–H and O–H groups in total. The van der Waals surface area contributed by atoms with Gasteiger partial charge < -0.3 is 28.4 Å². The van der Waals surface area contributed by atoms with Crippen LogP contribution >= 0.6 is 0 Å². The molecule has 156 valence electrons. The van der Waals surface area contributed by atoms with Crippen LogP contribution in [0, 0.1) is 23.7 Å². The van der Waals surface area contributed by atoms with E-state index in [2.05, 4.69) is 27.7 Å². The third kappa shape index (κ3) is 7.79. The number of rotatable bonds is 14. The summed E-state index contributed by atoms with van der Waals surface area (Å²) in [5.41, 5.74) is 0. The van der Waals surface area contributed by atoms with E-state index in [1.165, 1.54) is 0 Å². The van der Waals surface area contributed by atoms with E-state index in [-0.39, 0.29) is 12.2 Å². The molecule has 26 heavy (non-hydrogen) atoms. The van der Waals surface area contributed by atoms with E-state index < -0.39 is 0 Å². The molecule has 6 heteroatoms. The zero-order valence-electron chi connectivity index (χ0n) is 17.6. The fourth-order valence-corrected chi connectivity index (χ4v) is 3.80. The average molecular weight is 377 g/mol. The van der Waals surface area contributed by atoms with E-state index in [9.17, 15) is 0 Å². The second kappa shape index (κ2) is 13.9. The predicted molar refractivity (Wildman–Crippen MR) is 102 cm³/mol. The summed E-state index contributed by atoms with van der Waals surface area (Å²) in [7, 11) is 3.35. The average Bonchev–Trinajstić information content (AvgIpc) is 2.64. The van der Waals surface area contributed by atoms with Gasteiger partial charge in [-0.25, -0.2) is 0 Å². The monoisotopic (exact) mass is 376 g/mol. The van der Waals surface area contributed by atoms with Crippen molar-refractivity contribution < 1.29 is 28.4 Å². The van der Waals surface area contributed by atoms with Crippen LogP contribution in [-0.2, 0) is 28.4 Å². The predicted octanol–water partition coefficient (Wildman–Crippen LogP) is 2.64. The quantitative estimate of drug-likeness (QED) is 0.435. The molecular weight excluding hydrogens is 336 g/mol. The Hall–Kier alpha value is -0.240. The lowest BCUT2D eigenvalue weighted by Crippen LogP contribution is -2.51. The summed E-state index contributed by atoms with van der Waals surface area (Å²) in [6.45, 7) is 14.0. The summed E-state index contributed by atoms with van der Waals surface area (Å²) in [4.78, 5) is 0. The molecule has 0 saturated heterocycles. The van der Waals surface area contributed by atoms with Crippen LogP contribution in [0.15, 0.2) is 0 Å². The molecule has 0 heterocycles. The maximum atomic E-state index is 6.20. The molecule has 1 rings (SSSR count). The maximum absolute atomic E-state index is 6.20. The van der Waals surface area contributed by atoms with Crippen LogP contribution in [-0.4, -0.2) is 79.3 Å². The molecular formula is C20H40O6. The number of ether oxygens (including phenoxy) is 6. The summed E-state index contributed by atoms with van der Waals surface area (Å²) in [5, 5.41) is 0. The number of hydrogen-bond donors (Lipinski definition) is 0. The van der Waals surface area contributed by atoms with E-state index in [1.54, 1.807) is 14.2 Å². The third-order valence-electron chi connectivity index (χ3n) is 5.67. The molecule has 6 atom stereocenters. The molecule has 0 radical (unpaired) electrons. The Labute approximate surface area is 159 Å². The lowest BCUT2D eigenvalue weighted by Gasteiger charge is -2.47. The van der Waals surface area contributed by atoms with Gasteiger partial charge >= 0.3 is 0 Å². The second-order valence-corrected chi connectivity index (χ2v) is 7.32. The van der Waals surface area contributed by atoms with Gasteiger partial charge in [0.2, 0.25) is 0 Å². The molecule has 1 aliphatic carbocycles. The first-order valence-electron chi connectivity index (χ1n) is 9.91. The van der Waals surface area contributed by atoms with E-state index >= 15 is 0 Å². The van der Waals surface area contributed by atoms with Gasteiger partial charge in [0.25, 0.3) is 0 Å². The van der Waals surface area contributed by atoms with Crippen LogP contribution < -0.4 is 0 Å². The smallest absolute Gasteiger partial charge is 0.0704 e. The molecule has 6 nitrogen and oxygen atoms in total. The first-order chi connectivity index (χ1) is 12.5. The van der Waals surface area contributed by atoms with Crippen molar-refractivity contribution in [2.24, 2.45) is 23.7 Å². The molecule has 0 bridgehead atoms. The highest BCUT2D eigenvalue weighted by Crippen LogP contribution is 2.41. The lowest BCUT2D eigenvalue weighted by molar-refractivity contribution is -0.158. The Morgan fingerprint density at radius 2 is 0.846 bits per heavy atom. The Morgan fingerprint density at radius 3 is 1.23 bits per heavy atom. The highest BCUT2D eigenvalue weighted by Gasteiger charge is 2.44. The molecule has 0 aliphatic heterocycles. The van der Waals surface area contributed by atoms with Crippen molar-refractivity contribution >= 4 is 0 Å². The van der Waals surface area contributed by atoms with E-state index in [1.807, 2.05) is 0 Å². The topological polar surface area (TPSA) is 55.4 Å². The SMILES string of the molecule is COCCOCCOC1C(C)C(C)[C@H](C)C(OCCOCCOC)C1C. The third-order valence-corrected chi connectivity index (χ3v) is 5.67. The highest BCUT2D eigenvalue weighted by molar-refractivity contribution is 4.92. The molecule has 0 amide bonds. The first kappa shape index (κ1) is 23.8. The summed E-state index contributed by atoms with van der Waals surface area (Å²) >= 11 is 0. The molecule has 5 unspecified atom stereocenters. The van der Waals surface area contributed by atoms with Gasteiger partial charge in [-0.1, -0.05) is 27.7 Å². The van der Waals surface area contributed by atoms with Gasteiger partial charge in [0, 0.05) is 20.1 Å². The summed E-state index contributed by atoms with van der Waals surface area (Å²) in [5.74, 6) is 1.88. The van der Waals surface area contributed by atoms with Crippen molar-refractivity contribution in [3.63, 3.8) is 0 Å². The molecule has 1 saturated carbocycles. The molecule has 0 spiro atoms. The van der Waals surface area contributed by atoms with Crippen molar-refractivity contribution in [2.45, 2.75) is 39.9 Å². The summed E-state index contributed by atoms with van der Waals surface area (Å²) < 4.78 is 33.4. The minimum atomic E-state index is 0.187. The largest absolute Gasteiger partial charge is 0.382 e. The van der Waals surface area contributed by atoms with Crippen LogP contribution in [0.4, 0.5) is 0 Å². The van der Waals surface area contributed by atoms with Gasteiger partial charge in [0.1, 0.15) is 0 Å². The molecule has 0 aromatic heterocycles. The Bertz CT molecular complexity index is 310. The van der Waals surface area contributed by atoms with E-state index in [0.717, 1.165) is 0 Å². The van der Waals surface area contributed by atoms with Crippen LogP contribution in [0.3, 0.4) is 0 Å². The summed E-state index contributed by atoms with van der Waals surface area (Å²) in [6, 6.07) is 0. The zero-order valence-corrected chi connectivity index (χ0v) is 17.6. The molecule has 1 aliphatic rings. The van der Waals surface area contributed by atoms with Crippen LogP contribution in [0.2, 0.25) is 0 Å². The van der Waals surface area contributed by atoms with Gasteiger partial charge in [0.05, 0.1) is 65.1 Å². The minimum absolute atomic E-state index is 0.187. The summed E-state index contributed by atoms with van der Waals surface area (Å²) in [6.07, 6.45) is 0.373. The van der Waals surface area contributed by atoms with Gasteiger partial charge in [0.15, 0.2) is 0 Å². The van der Waals surface area contributed by atoms with Gasteiger partial charge in [-0.2, -0.15) is 0 Å². The van der Waals surface area contributed by atoms with Crippen molar-refractivity contribution in [3.8, 4) is 0 Å². The molecule has 0 aromatic rings. The second-order valence-electron chi connectivity index (χ2n) is 7.32. The van der Waals surface area contributed by atoms with Crippen molar-refractivity contribution in [2.75, 3.05) is 67.1 Å². The van der Waals surface area contributed by atoms with E-state index in [4.69, 9.17) is 28.4 Å². The van der Waals surface area contributed by atoms with Crippen molar-refractivity contribution in [3.05, 3.63) is 0 Å². The van der Waals surface area contributed by atoms with Crippen LogP contribution in [0.25, 0.3) is 0 Å². The Morgan fingerprint density at radius 1 is 0.462 bits per heavy atom. The van der Waals surface area contributed by atoms with Gasteiger partial charge in [-0.3, -0.25) is 0 Å². The van der Waals surface area contributed by atoms with E-state index in [0.29, 0.717) is 76.5 Å². The van der Waals surface area contributed by atoms with Crippen molar-refractivity contribution in [1.82, 2.24) is 0 Å². The Balaban J connectivity index is 2.41. The zero-order chi connectivity index (χ0) is 19.4.